The molecule has 0 atom stereocenters. The van der Waals surface area contributed by atoms with Gasteiger partial charge in [-0.05, 0) is 18.7 Å². The van der Waals surface area contributed by atoms with E-state index < -0.39 is 0 Å². The number of nitrogens with two attached hydrogens (primary N) is 1. The van der Waals surface area contributed by atoms with Crippen molar-refractivity contribution in [2.75, 3.05) is 18.9 Å². The van der Waals surface area contributed by atoms with Crippen LogP contribution in [-0.4, -0.2) is 28.2 Å². The van der Waals surface area contributed by atoms with Crippen molar-refractivity contribution in [1.29, 1.82) is 0 Å². The van der Waals surface area contributed by atoms with Gasteiger partial charge in [0.05, 0.1) is 11.9 Å². The van der Waals surface area contributed by atoms with Crippen LogP contribution in [0.1, 0.15) is 5.69 Å². The second kappa shape index (κ2) is 3.63. The molecule has 0 aliphatic carbocycles. The first-order chi connectivity index (χ1) is 6.85. The maximum absolute atomic E-state index is 5.50. The van der Waals surface area contributed by atoms with E-state index in [1.807, 2.05) is 29.9 Å². The van der Waals surface area contributed by atoms with Gasteiger partial charge in [0.1, 0.15) is 5.82 Å². The Morgan fingerprint density at radius 2 is 2.36 bits per heavy atom. The van der Waals surface area contributed by atoms with E-state index in [1.54, 1.807) is 0 Å². The lowest BCUT2D eigenvalue weighted by molar-refractivity contribution is 0.829. The molecule has 0 spiro atoms. The standard InChI is InChI=1S/C9H13N5/c1-11-8-2-3-9-12-6-7(4-5-10)14(9)13-8/h2-3,6H,4-5,10H2,1H3,(H,11,13). The van der Waals surface area contributed by atoms with Crippen LogP contribution in [-0.2, 0) is 6.42 Å². The normalized spacial score (nSPS) is 10.7. The molecule has 0 aliphatic rings. The summed E-state index contributed by atoms with van der Waals surface area (Å²) in [6.45, 7) is 0.610. The third-order valence-corrected chi connectivity index (χ3v) is 2.09. The molecule has 2 aromatic heterocycles. The van der Waals surface area contributed by atoms with Crippen LogP contribution in [0.25, 0.3) is 5.65 Å². The van der Waals surface area contributed by atoms with Crippen molar-refractivity contribution < 1.29 is 0 Å². The van der Waals surface area contributed by atoms with Crippen LogP contribution < -0.4 is 11.1 Å². The van der Waals surface area contributed by atoms with Gasteiger partial charge in [-0.15, -0.1) is 5.10 Å². The predicted octanol–water partition coefficient (Wildman–Crippen LogP) is 0.272. The minimum atomic E-state index is 0.610. The summed E-state index contributed by atoms with van der Waals surface area (Å²) < 4.78 is 1.82. The molecule has 0 radical (unpaired) electrons. The van der Waals surface area contributed by atoms with E-state index in [-0.39, 0.29) is 0 Å². The quantitative estimate of drug-likeness (QED) is 0.730. The third-order valence-electron chi connectivity index (χ3n) is 2.09. The second-order valence-corrected chi connectivity index (χ2v) is 3.03. The molecule has 74 valence electrons. The number of imidazole rings is 1. The first-order valence-electron chi connectivity index (χ1n) is 4.56. The molecule has 0 unspecified atom stereocenters. The molecule has 0 amide bonds. The lowest BCUT2D eigenvalue weighted by Crippen LogP contribution is -2.07. The molecule has 0 aliphatic heterocycles. The summed E-state index contributed by atoms with van der Waals surface area (Å²) >= 11 is 0. The van der Waals surface area contributed by atoms with Crippen molar-refractivity contribution in [3.05, 3.63) is 24.0 Å². The van der Waals surface area contributed by atoms with Gasteiger partial charge in [0, 0.05) is 13.5 Å². The van der Waals surface area contributed by atoms with Crippen molar-refractivity contribution in [3.8, 4) is 0 Å². The smallest absolute Gasteiger partial charge is 0.153 e. The van der Waals surface area contributed by atoms with Gasteiger partial charge in [-0.2, -0.15) is 0 Å². The average molecular weight is 191 g/mol. The van der Waals surface area contributed by atoms with E-state index in [1.165, 1.54) is 0 Å². The maximum Gasteiger partial charge on any atom is 0.153 e. The Morgan fingerprint density at radius 3 is 3.07 bits per heavy atom. The molecule has 2 rings (SSSR count). The highest BCUT2D eigenvalue weighted by Gasteiger charge is 2.03. The van der Waals surface area contributed by atoms with Crippen molar-refractivity contribution in [2.24, 2.45) is 5.73 Å². The fraction of sp³-hybridized carbons (Fsp3) is 0.333. The van der Waals surface area contributed by atoms with E-state index >= 15 is 0 Å². The van der Waals surface area contributed by atoms with E-state index in [2.05, 4.69) is 15.4 Å². The Bertz CT molecular complexity index is 434. The summed E-state index contributed by atoms with van der Waals surface area (Å²) in [6, 6.07) is 3.83. The monoisotopic (exact) mass is 191 g/mol. The molecule has 14 heavy (non-hydrogen) atoms. The highest BCUT2D eigenvalue weighted by molar-refractivity contribution is 5.45. The Morgan fingerprint density at radius 1 is 1.50 bits per heavy atom. The summed E-state index contributed by atoms with van der Waals surface area (Å²) in [6.07, 6.45) is 2.61. The second-order valence-electron chi connectivity index (χ2n) is 3.03. The maximum atomic E-state index is 5.50. The average Bonchev–Trinajstić information content (AvgIpc) is 2.61. The van der Waals surface area contributed by atoms with Gasteiger partial charge < -0.3 is 11.1 Å². The number of fused-ring (bicyclic) bond motifs is 1. The van der Waals surface area contributed by atoms with Crippen LogP contribution in [0.15, 0.2) is 18.3 Å². The fourth-order valence-corrected chi connectivity index (χ4v) is 1.37. The number of aromatic nitrogens is 3. The lowest BCUT2D eigenvalue weighted by atomic mass is 10.3. The molecule has 0 saturated heterocycles. The van der Waals surface area contributed by atoms with Crippen LogP contribution in [0.5, 0.6) is 0 Å². The van der Waals surface area contributed by atoms with E-state index in [4.69, 9.17) is 5.73 Å². The minimum absolute atomic E-state index is 0.610. The summed E-state index contributed by atoms with van der Waals surface area (Å²) in [4.78, 5) is 4.23. The SMILES string of the molecule is CNc1ccc2ncc(CCN)n2n1. The molecule has 5 heteroatoms. The van der Waals surface area contributed by atoms with Crippen LogP contribution in [0.4, 0.5) is 5.82 Å². The van der Waals surface area contributed by atoms with Crippen LogP contribution >= 0.6 is 0 Å². The highest BCUT2D eigenvalue weighted by Crippen LogP contribution is 2.08. The molecule has 0 saturated carbocycles. The molecule has 0 aromatic carbocycles. The number of anilines is 1. The number of nitrogens with zero attached hydrogens (tertiary/aromatic N) is 3. The van der Waals surface area contributed by atoms with Gasteiger partial charge in [0.15, 0.2) is 5.65 Å². The van der Waals surface area contributed by atoms with Crippen LogP contribution in [0.2, 0.25) is 0 Å². The van der Waals surface area contributed by atoms with Crippen molar-refractivity contribution in [2.45, 2.75) is 6.42 Å². The van der Waals surface area contributed by atoms with Gasteiger partial charge >= 0.3 is 0 Å². The van der Waals surface area contributed by atoms with Crippen LogP contribution in [0, 0.1) is 0 Å². The zero-order valence-electron chi connectivity index (χ0n) is 8.07. The summed E-state index contributed by atoms with van der Waals surface area (Å²) in [5, 5.41) is 7.35. The number of rotatable bonds is 3. The Labute approximate surface area is 81.9 Å². The molecule has 2 heterocycles. The number of hydrogen-bond acceptors (Lipinski definition) is 4. The first kappa shape index (κ1) is 8.96. The number of nitrogens with one attached hydrogen (secondary N) is 1. The molecule has 5 nitrogen and oxygen atoms in total. The molecule has 0 fully saturated rings. The largest absolute Gasteiger partial charge is 0.372 e. The van der Waals surface area contributed by atoms with Gasteiger partial charge in [-0.3, -0.25) is 0 Å². The van der Waals surface area contributed by atoms with Gasteiger partial charge in [-0.25, -0.2) is 9.50 Å². The molecular formula is C9H13N5. The third kappa shape index (κ3) is 1.42. The Balaban J connectivity index is 2.52. The van der Waals surface area contributed by atoms with Crippen LogP contribution in [0.3, 0.4) is 0 Å². The van der Waals surface area contributed by atoms with E-state index in [9.17, 15) is 0 Å². The zero-order chi connectivity index (χ0) is 9.97. The van der Waals surface area contributed by atoms with E-state index in [0.29, 0.717) is 6.54 Å². The fourth-order valence-electron chi connectivity index (χ4n) is 1.37. The molecule has 3 N–H and O–H groups in total. The minimum Gasteiger partial charge on any atom is -0.372 e. The first-order valence-corrected chi connectivity index (χ1v) is 4.56. The highest BCUT2D eigenvalue weighted by atomic mass is 15.3. The summed E-state index contributed by atoms with van der Waals surface area (Å²) in [5.74, 6) is 0.828. The zero-order valence-corrected chi connectivity index (χ0v) is 8.07. The molecular weight excluding hydrogens is 178 g/mol. The van der Waals surface area contributed by atoms with Crippen molar-refractivity contribution in [3.63, 3.8) is 0 Å². The summed E-state index contributed by atoms with van der Waals surface area (Å²) in [5.41, 5.74) is 7.39. The van der Waals surface area contributed by atoms with E-state index in [0.717, 1.165) is 23.6 Å². The Kier molecular flexibility index (Phi) is 2.32. The van der Waals surface area contributed by atoms with Gasteiger partial charge in [-0.1, -0.05) is 0 Å². The Hall–Kier alpha value is -1.62. The van der Waals surface area contributed by atoms with Gasteiger partial charge in [0.2, 0.25) is 0 Å². The molecule has 0 bridgehead atoms. The van der Waals surface area contributed by atoms with Gasteiger partial charge in [0.25, 0.3) is 0 Å². The number of hydrogen-bond donors (Lipinski definition) is 2. The topological polar surface area (TPSA) is 68.2 Å². The van der Waals surface area contributed by atoms with Crippen molar-refractivity contribution in [1.82, 2.24) is 14.6 Å². The lowest BCUT2D eigenvalue weighted by Gasteiger charge is -2.01. The summed E-state index contributed by atoms with van der Waals surface area (Å²) in [7, 11) is 1.84. The predicted molar refractivity (Wildman–Crippen MR) is 55.3 cm³/mol. The molecule has 2 aromatic rings. The van der Waals surface area contributed by atoms with Crippen molar-refractivity contribution >= 4 is 11.5 Å².